The molecule has 1 heterocycles. The van der Waals surface area contributed by atoms with Crippen LogP contribution in [-0.4, -0.2) is 42.3 Å². The van der Waals surface area contributed by atoms with Crippen LogP contribution in [0.4, 0.5) is 16.3 Å². The van der Waals surface area contributed by atoms with E-state index < -0.39 is 12.1 Å². The average molecular weight is 357 g/mol. The van der Waals surface area contributed by atoms with Crippen LogP contribution in [0.1, 0.15) is 29.9 Å². The lowest BCUT2D eigenvalue weighted by atomic mass is 10.2. The number of benzene rings is 1. The quantitative estimate of drug-likeness (QED) is 0.851. The lowest BCUT2D eigenvalue weighted by molar-refractivity contribution is 0.0697. The Kier molecular flexibility index (Phi) is 6.16. The number of rotatable bonds is 6. The maximum Gasteiger partial charge on any atom is 0.419 e. The van der Waals surface area contributed by atoms with Gasteiger partial charge in [-0.1, -0.05) is 0 Å². The first-order valence-corrected chi connectivity index (χ1v) is 8.38. The highest BCUT2D eigenvalue weighted by Crippen LogP contribution is 2.23. The molecule has 1 aromatic carbocycles. The second kappa shape index (κ2) is 8.33. The van der Waals surface area contributed by atoms with Crippen molar-refractivity contribution < 1.29 is 19.4 Å². The third-order valence-electron chi connectivity index (χ3n) is 4.07. The molecule has 26 heavy (non-hydrogen) atoms. The molecule has 7 heteroatoms. The van der Waals surface area contributed by atoms with E-state index in [1.54, 1.807) is 7.05 Å². The number of aromatic carboxylic acids is 1. The molecule has 7 nitrogen and oxygen atoms in total. The number of aryl methyl sites for hydroxylation is 1. The number of ether oxygens (including phenoxy) is 1. The van der Waals surface area contributed by atoms with Gasteiger partial charge in [0.15, 0.2) is 0 Å². The molecule has 0 aliphatic heterocycles. The van der Waals surface area contributed by atoms with Crippen LogP contribution >= 0.6 is 0 Å². The van der Waals surface area contributed by atoms with Gasteiger partial charge in [-0.2, -0.15) is 0 Å². The number of hydrogen-bond donors (Lipinski definition) is 1. The maximum atomic E-state index is 12.4. The minimum Gasteiger partial charge on any atom is -0.478 e. The van der Waals surface area contributed by atoms with E-state index in [9.17, 15) is 9.59 Å². The van der Waals surface area contributed by atoms with Gasteiger partial charge in [-0.3, -0.25) is 4.90 Å². The summed E-state index contributed by atoms with van der Waals surface area (Å²) in [4.78, 5) is 31.3. The predicted molar refractivity (Wildman–Crippen MR) is 100 cm³/mol. The molecule has 1 aromatic heterocycles. The fourth-order valence-corrected chi connectivity index (χ4v) is 2.55. The highest BCUT2D eigenvalue weighted by molar-refractivity contribution is 5.90. The van der Waals surface area contributed by atoms with Crippen LogP contribution in [0.3, 0.4) is 0 Å². The van der Waals surface area contributed by atoms with Crippen molar-refractivity contribution in [2.45, 2.75) is 20.8 Å². The van der Waals surface area contributed by atoms with Gasteiger partial charge < -0.3 is 14.7 Å². The third-order valence-corrected chi connectivity index (χ3v) is 4.07. The molecule has 2 aromatic rings. The molecule has 0 saturated heterocycles. The Morgan fingerprint density at radius 3 is 2.19 bits per heavy atom. The lowest BCUT2D eigenvalue weighted by Crippen LogP contribution is -2.30. The Bertz CT molecular complexity index is 786. The van der Waals surface area contributed by atoms with E-state index in [1.807, 2.05) is 19.1 Å². The molecule has 2 rings (SSSR count). The van der Waals surface area contributed by atoms with Crippen LogP contribution in [0.25, 0.3) is 0 Å². The summed E-state index contributed by atoms with van der Waals surface area (Å²) in [7, 11) is 1.61. The van der Waals surface area contributed by atoms with Crippen LogP contribution < -0.4 is 14.5 Å². The number of amides is 1. The van der Waals surface area contributed by atoms with E-state index in [0.29, 0.717) is 5.69 Å². The SMILES string of the molecule is CCN(CC)c1ccc(N(C)C(=O)Oc2ccc(C(=O)O)cc2)c(C)n1. The molecule has 0 fully saturated rings. The van der Waals surface area contributed by atoms with Gasteiger partial charge in [0.1, 0.15) is 11.6 Å². The van der Waals surface area contributed by atoms with Crippen molar-refractivity contribution in [1.82, 2.24) is 4.98 Å². The van der Waals surface area contributed by atoms with Crippen LogP contribution in [0.2, 0.25) is 0 Å². The molecule has 0 spiro atoms. The zero-order valence-electron chi connectivity index (χ0n) is 15.4. The van der Waals surface area contributed by atoms with Crippen LogP contribution in [0.15, 0.2) is 36.4 Å². The second-order valence-electron chi connectivity index (χ2n) is 5.70. The predicted octanol–water partition coefficient (Wildman–Crippen LogP) is 3.57. The van der Waals surface area contributed by atoms with Crippen molar-refractivity contribution in [2.24, 2.45) is 0 Å². The van der Waals surface area contributed by atoms with Gasteiger partial charge in [-0.05, 0) is 57.2 Å². The molecule has 1 amide bonds. The Hall–Kier alpha value is -3.09. The van der Waals surface area contributed by atoms with Gasteiger partial charge in [-0.25, -0.2) is 14.6 Å². The van der Waals surface area contributed by atoms with Crippen molar-refractivity contribution in [1.29, 1.82) is 0 Å². The zero-order chi connectivity index (χ0) is 19.3. The van der Waals surface area contributed by atoms with Gasteiger partial charge in [0.05, 0.1) is 16.9 Å². The molecule has 0 bridgehead atoms. The number of carboxylic acid groups (broad SMARTS) is 1. The number of carboxylic acids is 1. The highest BCUT2D eigenvalue weighted by atomic mass is 16.6. The third kappa shape index (κ3) is 4.30. The zero-order valence-corrected chi connectivity index (χ0v) is 15.4. The summed E-state index contributed by atoms with van der Waals surface area (Å²) in [6.45, 7) is 7.67. The maximum absolute atomic E-state index is 12.4. The van der Waals surface area contributed by atoms with Crippen molar-refractivity contribution in [3.8, 4) is 5.75 Å². The van der Waals surface area contributed by atoms with Crippen molar-refractivity contribution in [3.05, 3.63) is 47.7 Å². The van der Waals surface area contributed by atoms with E-state index in [-0.39, 0.29) is 11.3 Å². The number of carbonyl (C=O) groups excluding carboxylic acids is 1. The first-order valence-electron chi connectivity index (χ1n) is 8.38. The minimum absolute atomic E-state index is 0.130. The monoisotopic (exact) mass is 357 g/mol. The fraction of sp³-hybridized carbons (Fsp3) is 0.316. The van der Waals surface area contributed by atoms with Gasteiger partial charge in [0.25, 0.3) is 0 Å². The summed E-state index contributed by atoms with van der Waals surface area (Å²) in [5.74, 6) is 0.106. The second-order valence-corrected chi connectivity index (χ2v) is 5.70. The topological polar surface area (TPSA) is 83.0 Å². The largest absolute Gasteiger partial charge is 0.478 e. The summed E-state index contributed by atoms with van der Waals surface area (Å²) in [5.41, 5.74) is 1.49. The first kappa shape index (κ1) is 19.2. The normalized spacial score (nSPS) is 10.3. The summed E-state index contributed by atoms with van der Waals surface area (Å²) >= 11 is 0. The number of hydrogen-bond acceptors (Lipinski definition) is 5. The molecule has 0 saturated carbocycles. The molecule has 0 aliphatic rings. The van der Waals surface area contributed by atoms with E-state index in [0.717, 1.165) is 24.6 Å². The van der Waals surface area contributed by atoms with Gasteiger partial charge in [0.2, 0.25) is 0 Å². The fourth-order valence-electron chi connectivity index (χ4n) is 2.55. The minimum atomic E-state index is -1.03. The molecular weight excluding hydrogens is 334 g/mol. The average Bonchev–Trinajstić information content (AvgIpc) is 2.62. The van der Waals surface area contributed by atoms with Crippen LogP contribution in [0, 0.1) is 6.92 Å². The smallest absolute Gasteiger partial charge is 0.419 e. The van der Waals surface area contributed by atoms with Crippen molar-refractivity contribution >= 4 is 23.6 Å². The summed E-state index contributed by atoms with van der Waals surface area (Å²) < 4.78 is 5.30. The Labute approximate surface area is 152 Å². The van der Waals surface area contributed by atoms with E-state index in [4.69, 9.17) is 9.84 Å². The Morgan fingerprint density at radius 1 is 1.08 bits per heavy atom. The Balaban J connectivity index is 2.13. The summed E-state index contributed by atoms with van der Waals surface area (Å²) in [5, 5.41) is 8.90. The molecule has 0 radical (unpaired) electrons. The Morgan fingerprint density at radius 2 is 1.69 bits per heavy atom. The van der Waals surface area contributed by atoms with Gasteiger partial charge in [0, 0.05) is 20.1 Å². The van der Waals surface area contributed by atoms with Crippen LogP contribution in [0.5, 0.6) is 5.75 Å². The lowest BCUT2D eigenvalue weighted by Gasteiger charge is -2.23. The number of nitrogens with zero attached hydrogens (tertiary/aromatic N) is 3. The van der Waals surface area contributed by atoms with E-state index in [1.165, 1.54) is 29.2 Å². The number of pyridine rings is 1. The van der Waals surface area contributed by atoms with E-state index in [2.05, 4.69) is 23.7 Å². The number of anilines is 2. The molecule has 1 N–H and O–H groups in total. The molecule has 0 atom stereocenters. The molecular formula is C19H23N3O4. The van der Waals surface area contributed by atoms with Crippen LogP contribution in [-0.2, 0) is 0 Å². The highest BCUT2D eigenvalue weighted by Gasteiger charge is 2.17. The first-order chi connectivity index (χ1) is 12.4. The standard InChI is InChI=1S/C19H23N3O4/c1-5-22(6-2)17-12-11-16(13(3)20-17)21(4)19(25)26-15-9-7-14(8-10-15)18(23)24/h7-12H,5-6H2,1-4H3,(H,23,24). The molecule has 0 unspecified atom stereocenters. The van der Waals surface area contributed by atoms with Crippen molar-refractivity contribution in [2.75, 3.05) is 29.9 Å². The molecule has 0 aliphatic carbocycles. The van der Waals surface area contributed by atoms with Gasteiger partial charge >= 0.3 is 12.1 Å². The van der Waals surface area contributed by atoms with E-state index >= 15 is 0 Å². The van der Waals surface area contributed by atoms with Gasteiger partial charge in [-0.15, -0.1) is 0 Å². The summed E-state index contributed by atoms with van der Waals surface area (Å²) in [6.07, 6.45) is -0.575. The number of carbonyl (C=O) groups is 2. The summed E-state index contributed by atoms with van der Waals surface area (Å²) in [6, 6.07) is 9.38. The number of aromatic nitrogens is 1. The van der Waals surface area contributed by atoms with Crippen molar-refractivity contribution in [3.63, 3.8) is 0 Å². The molecule has 138 valence electrons.